The lowest BCUT2D eigenvalue weighted by Gasteiger charge is -2.36. The van der Waals surface area contributed by atoms with Crippen molar-refractivity contribution >= 4 is 0 Å². The van der Waals surface area contributed by atoms with Crippen LogP contribution in [0.1, 0.15) is 119 Å². The molecule has 2 heteroatoms. The van der Waals surface area contributed by atoms with Gasteiger partial charge in [0.15, 0.2) is 0 Å². The molecule has 1 aliphatic rings. The second-order valence-corrected chi connectivity index (χ2v) is 10.2. The molecule has 0 spiro atoms. The van der Waals surface area contributed by atoms with E-state index in [4.69, 9.17) is 0 Å². The maximum atomic E-state index is 10.2. The Morgan fingerprint density at radius 1 is 0.500 bits per heavy atom. The van der Waals surface area contributed by atoms with Crippen LogP contribution in [-0.2, 0) is 5.41 Å². The number of aryl methyl sites for hydroxylation is 2. The maximum Gasteiger partial charge on any atom is 0.118 e. The van der Waals surface area contributed by atoms with Gasteiger partial charge >= 0.3 is 0 Å². The Labute approximate surface area is 196 Å². The van der Waals surface area contributed by atoms with E-state index in [2.05, 4.69) is 24.3 Å². The minimum atomic E-state index is -0.0615. The van der Waals surface area contributed by atoms with Gasteiger partial charge in [-0.2, -0.15) is 0 Å². The molecule has 1 aliphatic carbocycles. The number of hydrogen-bond donors (Lipinski definition) is 2. The summed E-state index contributed by atoms with van der Waals surface area (Å²) >= 11 is 0. The third-order valence-electron chi connectivity index (χ3n) is 7.71. The van der Waals surface area contributed by atoms with E-state index < -0.39 is 0 Å². The van der Waals surface area contributed by atoms with Gasteiger partial charge in [0.2, 0.25) is 0 Å². The van der Waals surface area contributed by atoms with E-state index in [0.29, 0.717) is 11.5 Å². The molecule has 2 aromatic carbocycles. The summed E-state index contributed by atoms with van der Waals surface area (Å²) in [5.41, 5.74) is 4.47. The van der Waals surface area contributed by atoms with Crippen LogP contribution in [0.4, 0.5) is 0 Å². The molecule has 3 rings (SSSR count). The highest BCUT2D eigenvalue weighted by molar-refractivity contribution is 5.47. The number of phenolic OH excluding ortho intramolecular Hbond substituents is 2. The third kappa shape index (κ3) is 6.53. The van der Waals surface area contributed by atoms with Crippen molar-refractivity contribution in [3.63, 3.8) is 0 Å². The monoisotopic (exact) mass is 436 g/mol. The second-order valence-electron chi connectivity index (χ2n) is 10.2. The molecule has 0 amide bonds. The highest BCUT2D eigenvalue weighted by Gasteiger charge is 2.34. The van der Waals surface area contributed by atoms with Gasteiger partial charge in [-0.1, -0.05) is 108 Å². The quantitative estimate of drug-likeness (QED) is 0.493. The Hall–Kier alpha value is -1.96. The summed E-state index contributed by atoms with van der Waals surface area (Å²) < 4.78 is 0. The van der Waals surface area contributed by atoms with Crippen molar-refractivity contribution in [1.29, 1.82) is 0 Å². The molecule has 2 aromatic rings. The lowest BCUT2D eigenvalue weighted by Crippen LogP contribution is -2.28. The van der Waals surface area contributed by atoms with Crippen molar-refractivity contribution < 1.29 is 10.2 Å². The molecule has 0 saturated heterocycles. The minimum absolute atomic E-state index is 0.0615. The fourth-order valence-corrected chi connectivity index (χ4v) is 5.57. The van der Waals surface area contributed by atoms with Crippen molar-refractivity contribution in [3.8, 4) is 11.5 Å². The summed E-state index contributed by atoms with van der Waals surface area (Å²) in [6.07, 6.45) is 19.7. The molecule has 0 bridgehead atoms. The fourth-order valence-electron chi connectivity index (χ4n) is 5.57. The van der Waals surface area contributed by atoms with Crippen molar-refractivity contribution in [2.75, 3.05) is 0 Å². The molecule has 0 unspecified atom stereocenters. The molecule has 1 fully saturated rings. The SMILES string of the molecule is Cc1cc(C2(c3ccc(O)c(C)c3)CCCCCCCCCCCCCCC2)ccc1O. The molecule has 2 N–H and O–H groups in total. The molecule has 32 heavy (non-hydrogen) atoms. The van der Waals surface area contributed by atoms with Crippen molar-refractivity contribution in [2.45, 2.75) is 116 Å². The zero-order valence-corrected chi connectivity index (χ0v) is 20.5. The van der Waals surface area contributed by atoms with E-state index in [-0.39, 0.29) is 5.41 Å². The van der Waals surface area contributed by atoms with Gasteiger partial charge in [-0.3, -0.25) is 0 Å². The number of phenols is 2. The predicted octanol–water partition coefficient (Wildman–Crippen LogP) is 8.87. The van der Waals surface area contributed by atoms with Gasteiger partial charge in [0.1, 0.15) is 11.5 Å². The number of rotatable bonds is 2. The van der Waals surface area contributed by atoms with E-state index in [1.165, 1.54) is 94.6 Å². The third-order valence-corrected chi connectivity index (χ3v) is 7.71. The first-order chi connectivity index (χ1) is 15.5. The summed E-state index contributed by atoms with van der Waals surface area (Å²) in [5.74, 6) is 0.748. The molecular formula is C30H44O2. The van der Waals surface area contributed by atoms with Gasteiger partial charge in [0, 0.05) is 5.41 Å². The topological polar surface area (TPSA) is 40.5 Å². The van der Waals surface area contributed by atoms with Gasteiger partial charge in [0.05, 0.1) is 0 Å². The van der Waals surface area contributed by atoms with Crippen LogP contribution < -0.4 is 0 Å². The van der Waals surface area contributed by atoms with Gasteiger partial charge in [0.25, 0.3) is 0 Å². The van der Waals surface area contributed by atoms with Gasteiger partial charge in [-0.25, -0.2) is 0 Å². The number of aromatic hydroxyl groups is 2. The minimum Gasteiger partial charge on any atom is -0.508 e. The molecular weight excluding hydrogens is 392 g/mol. The van der Waals surface area contributed by atoms with Crippen LogP contribution in [0.2, 0.25) is 0 Å². The first-order valence-corrected chi connectivity index (χ1v) is 13.1. The Balaban J connectivity index is 1.94. The second kappa shape index (κ2) is 12.3. The van der Waals surface area contributed by atoms with Gasteiger partial charge in [-0.15, -0.1) is 0 Å². The van der Waals surface area contributed by atoms with Crippen molar-refractivity contribution in [1.82, 2.24) is 0 Å². The first kappa shape index (κ1) is 24.7. The van der Waals surface area contributed by atoms with Crippen LogP contribution in [0, 0.1) is 13.8 Å². The van der Waals surface area contributed by atoms with Crippen molar-refractivity contribution in [2.24, 2.45) is 0 Å². The average molecular weight is 437 g/mol. The van der Waals surface area contributed by atoms with E-state index >= 15 is 0 Å². The van der Waals surface area contributed by atoms with Crippen LogP contribution in [-0.4, -0.2) is 10.2 Å². The molecule has 0 atom stereocenters. The average Bonchev–Trinajstić information content (AvgIpc) is 2.78. The maximum absolute atomic E-state index is 10.2. The van der Waals surface area contributed by atoms with Gasteiger partial charge < -0.3 is 10.2 Å². The number of benzene rings is 2. The summed E-state index contributed by atoms with van der Waals surface area (Å²) in [6.45, 7) is 4.01. The standard InChI is InChI=1S/C30H44O2/c1-24-22-26(16-18-28(24)31)30(27-17-19-29(32)25(2)23-27)20-14-12-10-8-6-4-3-5-7-9-11-13-15-21-30/h16-19,22-23,31-32H,3-15,20-21H2,1-2H3. The summed E-state index contributed by atoms with van der Waals surface area (Å²) in [6, 6.07) is 12.4. The highest BCUT2D eigenvalue weighted by atomic mass is 16.3. The Bertz CT molecular complexity index is 769. The Morgan fingerprint density at radius 2 is 0.812 bits per heavy atom. The zero-order chi connectivity index (χ0) is 22.8. The fraction of sp³-hybridized carbons (Fsp3) is 0.600. The van der Waals surface area contributed by atoms with Gasteiger partial charge in [-0.05, 0) is 61.1 Å². The molecule has 1 saturated carbocycles. The zero-order valence-electron chi connectivity index (χ0n) is 20.5. The van der Waals surface area contributed by atoms with E-state index in [1.54, 1.807) is 0 Å². The first-order valence-electron chi connectivity index (χ1n) is 13.1. The van der Waals surface area contributed by atoms with E-state index in [1.807, 2.05) is 26.0 Å². The van der Waals surface area contributed by atoms with Crippen LogP contribution in [0.5, 0.6) is 11.5 Å². The predicted molar refractivity (Wildman–Crippen MR) is 136 cm³/mol. The summed E-state index contributed by atoms with van der Waals surface area (Å²) in [7, 11) is 0. The van der Waals surface area contributed by atoms with Crippen LogP contribution >= 0.6 is 0 Å². The van der Waals surface area contributed by atoms with Crippen molar-refractivity contribution in [3.05, 3.63) is 58.7 Å². The van der Waals surface area contributed by atoms with Crippen LogP contribution in [0.25, 0.3) is 0 Å². The Kier molecular flexibility index (Phi) is 9.51. The normalized spacial score (nSPS) is 19.4. The molecule has 2 nitrogen and oxygen atoms in total. The van der Waals surface area contributed by atoms with Crippen LogP contribution in [0.15, 0.2) is 36.4 Å². The molecule has 0 heterocycles. The van der Waals surface area contributed by atoms with E-state index in [0.717, 1.165) is 24.0 Å². The molecule has 0 aromatic heterocycles. The lowest BCUT2D eigenvalue weighted by atomic mass is 9.67. The summed E-state index contributed by atoms with van der Waals surface area (Å²) in [4.78, 5) is 0. The molecule has 0 aliphatic heterocycles. The summed E-state index contributed by atoms with van der Waals surface area (Å²) in [5, 5.41) is 20.4. The van der Waals surface area contributed by atoms with Crippen LogP contribution in [0.3, 0.4) is 0 Å². The largest absolute Gasteiger partial charge is 0.508 e. The highest BCUT2D eigenvalue weighted by Crippen LogP contribution is 2.44. The lowest BCUT2D eigenvalue weighted by molar-refractivity contribution is 0.385. The Morgan fingerprint density at radius 3 is 1.12 bits per heavy atom. The number of hydrogen-bond acceptors (Lipinski definition) is 2. The smallest absolute Gasteiger partial charge is 0.118 e. The molecule has 0 radical (unpaired) electrons. The molecule has 176 valence electrons. The van der Waals surface area contributed by atoms with E-state index in [9.17, 15) is 10.2 Å².